The molecule has 1 fully saturated rings. The summed E-state index contributed by atoms with van der Waals surface area (Å²) in [6, 6.07) is 15.3. The van der Waals surface area contributed by atoms with Crippen molar-refractivity contribution in [3.8, 4) is 22.8 Å². The molecule has 3 heterocycles. The number of amides is 1. The Morgan fingerprint density at radius 3 is 2.60 bits per heavy atom. The molecule has 5 rings (SSSR count). The molecule has 8 heteroatoms. The molecule has 1 N–H and O–H groups in total. The fraction of sp³-hybridized carbons (Fsp3) is 0.273. The Morgan fingerprint density at radius 2 is 1.80 bits per heavy atom. The Balaban J connectivity index is 1.45. The standard InChI is InChI=1S/C22H22N4O3S/c1-25-9-11-26(12-10-25)22-24-19(15-5-3-2-4-6-15)20(30-22)21(27)23-16-7-8-17-18(13-16)29-14-28-17/h2-8,13H,9-12,14H2,1H3,(H,23,27). The van der Waals surface area contributed by atoms with Gasteiger partial charge in [-0.15, -0.1) is 0 Å². The predicted octanol–water partition coefficient (Wildman–Crippen LogP) is 3.54. The molecule has 0 radical (unpaired) electrons. The number of benzene rings is 2. The van der Waals surface area contributed by atoms with E-state index in [1.54, 1.807) is 12.1 Å². The molecule has 0 bridgehead atoms. The lowest BCUT2D eigenvalue weighted by Gasteiger charge is -2.32. The van der Waals surface area contributed by atoms with Crippen LogP contribution >= 0.6 is 11.3 Å². The summed E-state index contributed by atoms with van der Waals surface area (Å²) in [4.78, 5) is 23.3. The molecular formula is C22H22N4O3S. The molecule has 2 aliphatic heterocycles. The third-order valence-corrected chi connectivity index (χ3v) is 6.39. The fourth-order valence-corrected chi connectivity index (χ4v) is 4.58. The lowest BCUT2D eigenvalue weighted by Crippen LogP contribution is -2.44. The third kappa shape index (κ3) is 3.71. The summed E-state index contributed by atoms with van der Waals surface area (Å²) >= 11 is 1.44. The Bertz CT molecular complexity index is 1060. The highest BCUT2D eigenvalue weighted by molar-refractivity contribution is 7.18. The molecule has 0 saturated carbocycles. The van der Waals surface area contributed by atoms with Crippen LogP contribution in [0.15, 0.2) is 48.5 Å². The number of piperazine rings is 1. The first-order valence-electron chi connectivity index (χ1n) is 9.88. The molecule has 0 aliphatic carbocycles. The van der Waals surface area contributed by atoms with Crippen LogP contribution in [-0.4, -0.2) is 55.8 Å². The van der Waals surface area contributed by atoms with Gasteiger partial charge in [-0.1, -0.05) is 41.7 Å². The van der Waals surface area contributed by atoms with E-state index in [4.69, 9.17) is 14.5 Å². The number of carbonyl (C=O) groups excluding carboxylic acids is 1. The molecule has 3 aromatic rings. The van der Waals surface area contributed by atoms with Gasteiger partial charge in [-0.2, -0.15) is 0 Å². The highest BCUT2D eigenvalue weighted by Gasteiger charge is 2.24. The average molecular weight is 423 g/mol. The molecule has 1 amide bonds. The van der Waals surface area contributed by atoms with E-state index in [0.717, 1.165) is 36.9 Å². The number of thiazole rings is 1. The molecule has 30 heavy (non-hydrogen) atoms. The van der Waals surface area contributed by atoms with Crippen molar-refractivity contribution in [2.24, 2.45) is 0 Å². The van der Waals surface area contributed by atoms with Crippen LogP contribution in [0.5, 0.6) is 11.5 Å². The van der Waals surface area contributed by atoms with E-state index in [-0.39, 0.29) is 12.7 Å². The number of anilines is 2. The van der Waals surface area contributed by atoms with Gasteiger partial charge in [-0.05, 0) is 19.2 Å². The van der Waals surface area contributed by atoms with Crippen LogP contribution in [0.4, 0.5) is 10.8 Å². The summed E-state index contributed by atoms with van der Waals surface area (Å²) in [5, 5.41) is 3.88. The second kappa shape index (κ2) is 7.97. The highest BCUT2D eigenvalue weighted by Crippen LogP contribution is 2.36. The number of hydrogen-bond acceptors (Lipinski definition) is 7. The fourth-order valence-electron chi connectivity index (χ4n) is 3.55. The molecule has 2 aromatic carbocycles. The van der Waals surface area contributed by atoms with Crippen molar-refractivity contribution in [3.63, 3.8) is 0 Å². The Kier molecular flexibility index (Phi) is 5.02. The first-order chi connectivity index (χ1) is 14.7. The number of nitrogens with one attached hydrogen (secondary N) is 1. The minimum Gasteiger partial charge on any atom is -0.454 e. The number of rotatable bonds is 4. The molecule has 1 aromatic heterocycles. The van der Waals surface area contributed by atoms with E-state index in [2.05, 4.69) is 22.2 Å². The van der Waals surface area contributed by atoms with Crippen molar-refractivity contribution in [3.05, 3.63) is 53.4 Å². The third-order valence-electron chi connectivity index (χ3n) is 5.27. The van der Waals surface area contributed by atoms with Gasteiger partial charge in [0.1, 0.15) is 4.88 Å². The second-order valence-corrected chi connectivity index (χ2v) is 8.33. The molecule has 0 spiro atoms. The summed E-state index contributed by atoms with van der Waals surface area (Å²) in [5.74, 6) is 1.15. The Labute approximate surface area is 178 Å². The van der Waals surface area contributed by atoms with Gasteiger partial charge in [-0.25, -0.2) is 4.98 Å². The van der Waals surface area contributed by atoms with E-state index in [0.29, 0.717) is 27.8 Å². The number of nitrogens with zero attached hydrogens (tertiary/aromatic N) is 3. The van der Waals surface area contributed by atoms with E-state index in [9.17, 15) is 4.79 Å². The van der Waals surface area contributed by atoms with E-state index in [1.807, 2.05) is 36.4 Å². The first kappa shape index (κ1) is 18.9. The number of fused-ring (bicyclic) bond motifs is 1. The lowest BCUT2D eigenvalue weighted by molar-refractivity contribution is 0.103. The average Bonchev–Trinajstić information content (AvgIpc) is 3.42. The molecular weight excluding hydrogens is 400 g/mol. The van der Waals surface area contributed by atoms with Crippen molar-refractivity contribution in [2.75, 3.05) is 50.2 Å². The van der Waals surface area contributed by atoms with Gasteiger partial charge >= 0.3 is 0 Å². The normalized spacial score (nSPS) is 16.0. The van der Waals surface area contributed by atoms with Gasteiger partial charge in [-0.3, -0.25) is 4.79 Å². The van der Waals surface area contributed by atoms with E-state index in [1.165, 1.54) is 11.3 Å². The number of aromatic nitrogens is 1. The van der Waals surface area contributed by atoms with E-state index < -0.39 is 0 Å². The van der Waals surface area contributed by atoms with Crippen LogP contribution in [-0.2, 0) is 0 Å². The van der Waals surface area contributed by atoms with Crippen LogP contribution in [0, 0.1) is 0 Å². The molecule has 0 unspecified atom stereocenters. The van der Waals surface area contributed by atoms with E-state index >= 15 is 0 Å². The van der Waals surface area contributed by atoms with Gasteiger partial charge in [0.05, 0.1) is 5.69 Å². The summed E-state index contributed by atoms with van der Waals surface area (Å²) in [5.41, 5.74) is 2.32. The summed E-state index contributed by atoms with van der Waals surface area (Å²) in [7, 11) is 2.12. The van der Waals surface area contributed by atoms with Crippen molar-refractivity contribution in [1.82, 2.24) is 9.88 Å². The lowest BCUT2D eigenvalue weighted by atomic mass is 10.1. The molecule has 154 valence electrons. The van der Waals surface area contributed by atoms with Gasteiger partial charge in [0.15, 0.2) is 16.6 Å². The van der Waals surface area contributed by atoms with Crippen molar-refractivity contribution in [2.45, 2.75) is 0 Å². The van der Waals surface area contributed by atoms with Gasteiger partial charge in [0, 0.05) is 43.5 Å². The highest BCUT2D eigenvalue weighted by atomic mass is 32.1. The zero-order valence-corrected chi connectivity index (χ0v) is 17.4. The largest absolute Gasteiger partial charge is 0.454 e. The van der Waals surface area contributed by atoms with Crippen LogP contribution < -0.4 is 19.7 Å². The zero-order chi connectivity index (χ0) is 20.5. The summed E-state index contributed by atoms with van der Waals surface area (Å²) in [6.45, 7) is 3.98. The number of likely N-dealkylation sites (N-methyl/N-ethyl adjacent to an activating group) is 1. The van der Waals surface area contributed by atoms with Crippen molar-refractivity contribution < 1.29 is 14.3 Å². The minimum atomic E-state index is -0.175. The topological polar surface area (TPSA) is 66.9 Å². The Morgan fingerprint density at radius 1 is 1.03 bits per heavy atom. The number of ether oxygens (including phenoxy) is 2. The summed E-state index contributed by atoms with van der Waals surface area (Å²) in [6.07, 6.45) is 0. The SMILES string of the molecule is CN1CCN(c2nc(-c3ccccc3)c(C(=O)Nc3ccc4c(c3)OCO4)s2)CC1. The van der Waals surface area contributed by atoms with Crippen LogP contribution in [0.25, 0.3) is 11.3 Å². The van der Waals surface area contributed by atoms with Crippen molar-refractivity contribution >= 4 is 28.1 Å². The monoisotopic (exact) mass is 422 g/mol. The maximum absolute atomic E-state index is 13.2. The van der Waals surface area contributed by atoms with Crippen molar-refractivity contribution in [1.29, 1.82) is 0 Å². The second-order valence-electron chi connectivity index (χ2n) is 7.35. The smallest absolute Gasteiger partial charge is 0.268 e. The minimum absolute atomic E-state index is 0.175. The van der Waals surface area contributed by atoms with Gasteiger partial charge in [0.25, 0.3) is 5.91 Å². The molecule has 2 aliphatic rings. The Hall–Kier alpha value is -3.10. The van der Waals surface area contributed by atoms with Crippen LogP contribution in [0.3, 0.4) is 0 Å². The maximum atomic E-state index is 13.2. The molecule has 1 saturated heterocycles. The van der Waals surface area contributed by atoms with Gasteiger partial charge < -0.3 is 24.6 Å². The number of hydrogen-bond donors (Lipinski definition) is 1. The first-order valence-corrected chi connectivity index (χ1v) is 10.7. The predicted molar refractivity (Wildman–Crippen MR) is 118 cm³/mol. The molecule has 0 atom stereocenters. The van der Waals surface area contributed by atoms with Crippen LogP contribution in [0.2, 0.25) is 0 Å². The maximum Gasteiger partial charge on any atom is 0.268 e. The summed E-state index contributed by atoms with van der Waals surface area (Å²) < 4.78 is 10.8. The van der Waals surface area contributed by atoms with Gasteiger partial charge in [0.2, 0.25) is 6.79 Å². The zero-order valence-electron chi connectivity index (χ0n) is 16.6. The molecule has 7 nitrogen and oxygen atoms in total. The quantitative estimate of drug-likeness (QED) is 0.694. The van der Waals surface area contributed by atoms with Crippen LogP contribution in [0.1, 0.15) is 9.67 Å². The number of carbonyl (C=O) groups is 1.